The molecule has 1 aromatic heterocycles. The number of fused-ring (bicyclic) bond motifs is 1. The van der Waals surface area contributed by atoms with Gasteiger partial charge in [-0.2, -0.15) is 5.26 Å². The predicted molar refractivity (Wildman–Crippen MR) is 98.5 cm³/mol. The molecule has 0 aliphatic carbocycles. The van der Waals surface area contributed by atoms with Crippen LogP contribution in [0.2, 0.25) is 0 Å². The number of rotatable bonds is 3. The van der Waals surface area contributed by atoms with E-state index in [0.717, 1.165) is 6.07 Å². The average molecular weight is 375 g/mol. The molecule has 136 valence electrons. The van der Waals surface area contributed by atoms with E-state index in [0.29, 0.717) is 28.2 Å². The van der Waals surface area contributed by atoms with Crippen molar-refractivity contribution in [2.45, 2.75) is 0 Å². The second-order valence-electron chi connectivity index (χ2n) is 5.97. The van der Waals surface area contributed by atoms with Crippen LogP contribution >= 0.6 is 0 Å². The Balaban J connectivity index is 1.60. The Morgan fingerprint density at radius 3 is 2.54 bits per heavy atom. The number of anilines is 1. The van der Waals surface area contributed by atoms with Crippen molar-refractivity contribution >= 4 is 22.7 Å². The molecule has 3 aromatic carbocycles. The van der Waals surface area contributed by atoms with Gasteiger partial charge in [-0.15, -0.1) is 0 Å². The van der Waals surface area contributed by atoms with E-state index < -0.39 is 11.7 Å². The number of oxazole rings is 1. The Kier molecular flexibility index (Phi) is 4.30. The third-order valence-corrected chi connectivity index (χ3v) is 4.08. The van der Waals surface area contributed by atoms with Crippen LogP contribution < -0.4 is 5.32 Å². The molecule has 1 N–H and O–H groups in total. The molecule has 4 rings (SSSR count). The van der Waals surface area contributed by atoms with Gasteiger partial charge in [-0.3, -0.25) is 4.79 Å². The molecule has 0 aliphatic heterocycles. The summed E-state index contributed by atoms with van der Waals surface area (Å²) in [7, 11) is 0. The van der Waals surface area contributed by atoms with Crippen LogP contribution in [0.15, 0.2) is 65.1 Å². The summed E-state index contributed by atoms with van der Waals surface area (Å²) in [6.45, 7) is 0. The first-order chi connectivity index (χ1) is 13.5. The molecule has 0 spiro atoms. The standard InChI is InChI=1S/C21H11F2N3O2/c22-14-4-2-13(3-5-14)21-26-18-10-15(6-8-19(18)28-21)25-20(27)16-7-1-12(11-24)9-17(16)23/h1-10H,(H,25,27). The van der Waals surface area contributed by atoms with Crippen LogP contribution in [0, 0.1) is 23.0 Å². The topological polar surface area (TPSA) is 78.9 Å². The molecule has 0 unspecified atom stereocenters. The van der Waals surface area contributed by atoms with E-state index in [2.05, 4.69) is 10.3 Å². The maximum atomic E-state index is 14.0. The first kappa shape index (κ1) is 17.4. The third-order valence-electron chi connectivity index (χ3n) is 4.08. The molecular weight excluding hydrogens is 364 g/mol. The first-order valence-electron chi connectivity index (χ1n) is 8.21. The molecule has 1 amide bonds. The van der Waals surface area contributed by atoms with Crippen LogP contribution in [0.5, 0.6) is 0 Å². The minimum atomic E-state index is -0.780. The largest absolute Gasteiger partial charge is 0.436 e. The summed E-state index contributed by atoms with van der Waals surface area (Å²) in [6, 6.07) is 16.0. The predicted octanol–water partition coefficient (Wildman–Crippen LogP) is 4.90. The number of halogens is 2. The lowest BCUT2D eigenvalue weighted by molar-refractivity contribution is 0.102. The summed E-state index contributed by atoms with van der Waals surface area (Å²) in [5.41, 5.74) is 1.94. The van der Waals surface area contributed by atoms with E-state index in [4.69, 9.17) is 9.68 Å². The summed E-state index contributed by atoms with van der Waals surface area (Å²) in [5.74, 6) is -1.47. The van der Waals surface area contributed by atoms with Crippen LogP contribution in [-0.2, 0) is 0 Å². The van der Waals surface area contributed by atoms with Gasteiger partial charge in [-0.1, -0.05) is 0 Å². The van der Waals surface area contributed by atoms with Crippen molar-refractivity contribution in [2.75, 3.05) is 5.32 Å². The number of hydrogen-bond donors (Lipinski definition) is 1. The molecule has 7 heteroatoms. The summed E-state index contributed by atoms with van der Waals surface area (Å²) in [5, 5.41) is 11.4. The van der Waals surface area contributed by atoms with Crippen molar-refractivity contribution in [3.63, 3.8) is 0 Å². The molecule has 0 fully saturated rings. The minimum Gasteiger partial charge on any atom is -0.436 e. The lowest BCUT2D eigenvalue weighted by atomic mass is 10.1. The number of carbonyl (C=O) groups is 1. The number of hydrogen-bond acceptors (Lipinski definition) is 4. The number of nitriles is 1. The van der Waals surface area contributed by atoms with Gasteiger partial charge in [0.25, 0.3) is 5.91 Å². The molecule has 0 bridgehead atoms. The van der Waals surface area contributed by atoms with Crippen molar-refractivity contribution < 1.29 is 18.0 Å². The molecule has 1 heterocycles. The van der Waals surface area contributed by atoms with Crippen molar-refractivity contribution in [2.24, 2.45) is 0 Å². The molecule has 4 aromatic rings. The van der Waals surface area contributed by atoms with Gasteiger partial charge in [-0.05, 0) is 60.7 Å². The quantitative estimate of drug-likeness (QED) is 0.553. The Bertz CT molecular complexity index is 1240. The van der Waals surface area contributed by atoms with Gasteiger partial charge < -0.3 is 9.73 Å². The van der Waals surface area contributed by atoms with Crippen molar-refractivity contribution in [1.29, 1.82) is 5.26 Å². The highest BCUT2D eigenvalue weighted by Crippen LogP contribution is 2.26. The fraction of sp³-hybridized carbons (Fsp3) is 0. The Labute approximate surface area is 157 Å². The van der Waals surface area contributed by atoms with E-state index in [1.165, 1.54) is 24.3 Å². The Morgan fingerprint density at radius 1 is 1.04 bits per heavy atom. The zero-order chi connectivity index (χ0) is 19.7. The molecule has 5 nitrogen and oxygen atoms in total. The second kappa shape index (κ2) is 6.93. The third kappa shape index (κ3) is 3.31. The lowest BCUT2D eigenvalue weighted by Gasteiger charge is -2.06. The normalized spacial score (nSPS) is 10.6. The second-order valence-corrected chi connectivity index (χ2v) is 5.97. The van der Waals surface area contributed by atoms with Gasteiger partial charge in [0, 0.05) is 11.3 Å². The van der Waals surface area contributed by atoms with Crippen molar-refractivity contribution in [3.8, 4) is 17.5 Å². The van der Waals surface area contributed by atoms with E-state index in [1.807, 2.05) is 6.07 Å². The van der Waals surface area contributed by atoms with E-state index in [-0.39, 0.29) is 16.9 Å². The first-order valence-corrected chi connectivity index (χ1v) is 8.21. The van der Waals surface area contributed by atoms with Crippen molar-refractivity contribution in [3.05, 3.63) is 83.4 Å². The smallest absolute Gasteiger partial charge is 0.258 e. The van der Waals surface area contributed by atoms with Gasteiger partial charge in [0.2, 0.25) is 5.89 Å². The molecule has 0 atom stereocenters. The van der Waals surface area contributed by atoms with E-state index >= 15 is 0 Å². The van der Waals surface area contributed by atoms with Gasteiger partial charge in [-0.25, -0.2) is 13.8 Å². The maximum absolute atomic E-state index is 14.0. The lowest BCUT2D eigenvalue weighted by Crippen LogP contribution is -2.13. The molecular formula is C21H11F2N3O2. The Morgan fingerprint density at radius 2 is 1.82 bits per heavy atom. The maximum Gasteiger partial charge on any atom is 0.258 e. The highest BCUT2D eigenvalue weighted by atomic mass is 19.1. The van der Waals surface area contributed by atoms with Crippen LogP contribution in [0.25, 0.3) is 22.6 Å². The van der Waals surface area contributed by atoms with Crippen LogP contribution in [-0.4, -0.2) is 10.9 Å². The summed E-state index contributed by atoms with van der Waals surface area (Å²) in [6.07, 6.45) is 0. The molecule has 0 saturated carbocycles. The van der Waals surface area contributed by atoms with Crippen molar-refractivity contribution in [1.82, 2.24) is 4.98 Å². The van der Waals surface area contributed by atoms with E-state index in [1.54, 1.807) is 30.3 Å². The van der Waals surface area contributed by atoms with Crippen LogP contribution in [0.4, 0.5) is 14.5 Å². The number of carbonyl (C=O) groups excluding carboxylic acids is 1. The zero-order valence-electron chi connectivity index (χ0n) is 14.2. The van der Waals surface area contributed by atoms with Crippen LogP contribution in [0.1, 0.15) is 15.9 Å². The molecule has 0 aliphatic rings. The summed E-state index contributed by atoms with van der Waals surface area (Å²) >= 11 is 0. The number of nitrogens with zero attached hydrogens (tertiary/aromatic N) is 2. The highest BCUT2D eigenvalue weighted by molar-refractivity contribution is 6.05. The summed E-state index contributed by atoms with van der Waals surface area (Å²) in [4.78, 5) is 16.7. The van der Waals surface area contributed by atoms with Gasteiger partial charge in [0.1, 0.15) is 17.2 Å². The number of benzene rings is 3. The average Bonchev–Trinajstić information content (AvgIpc) is 3.11. The fourth-order valence-electron chi connectivity index (χ4n) is 2.69. The fourth-order valence-corrected chi connectivity index (χ4v) is 2.69. The monoisotopic (exact) mass is 375 g/mol. The van der Waals surface area contributed by atoms with Gasteiger partial charge in [0.05, 0.1) is 17.2 Å². The van der Waals surface area contributed by atoms with Crippen LogP contribution in [0.3, 0.4) is 0 Å². The molecule has 28 heavy (non-hydrogen) atoms. The van der Waals surface area contributed by atoms with Gasteiger partial charge in [0.15, 0.2) is 5.58 Å². The SMILES string of the molecule is N#Cc1ccc(C(=O)Nc2ccc3oc(-c4ccc(F)cc4)nc3c2)c(F)c1. The number of amides is 1. The highest BCUT2D eigenvalue weighted by Gasteiger charge is 2.14. The molecule has 0 radical (unpaired) electrons. The van der Waals surface area contributed by atoms with Gasteiger partial charge >= 0.3 is 0 Å². The zero-order valence-corrected chi connectivity index (χ0v) is 14.2. The summed E-state index contributed by atoms with van der Waals surface area (Å²) < 4.78 is 32.7. The van der Waals surface area contributed by atoms with E-state index in [9.17, 15) is 13.6 Å². The number of aromatic nitrogens is 1. The molecule has 0 saturated heterocycles. The minimum absolute atomic E-state index is 0.131. The Hall–Kier alpha value is -4.05. The number of nitrogens with one attached hydrogen (secondary N) is 1.